The SMILES string of the molecule is C=C(OC(C)C)N1CCN(C(=O)CC)CC1. The van der Waals surface area contributed by atoms with E-state index >= 15 is 0 Å². The number of ether oxygens (including phenoxy) is 1. The summed E-state index contributed by atoms with van der Waals surface area (Å²) in [6, 6.07) is 0. The van der Waals surface area contributed by atoms with E-state index in [0.717, 1.165) is 32.1 Å². The molecule has 0 aromatic carbocycles. The van der Waals surface area contributed by atoms with Crippen LogP contribution in [0.15, 0.2) is 12.5 Å². The second-order valence-corrected chi connectivity index (χ2v) is 4.28. The van der Waals surface area contributed by atoms with E-state index in [1.807, 2.05) is 25.7 Å². The lowest BCUT2D eigenvalue weighted by Gasteiger charge is -2.36. The van der Waals surface area contributed by atoms with Crippen LogP contribution >= 0.6 is 0 Å². The molecule has 0 unspecified atom stereocenters. The zero-order chi connectivity index (χ0) is 12.1. The Morgan fingerprint density at radius 3 is 2.19 bits per heavy atom. The van der Waals surface area contributed by atoms with Crippen LogP contribution in [0.3, 0.4) is 0 Å². The van der Waals surface area contributed by atoms with Crippen LogP contribution in [0.25, 0.3) is 0 Å². The van der Waals surface area contributed by atoms with Gasteiger partial charge in [0.25, 0.3) is 0 Å². The fraction of sp³-hybridized carbons (Fsp3) is 0.750. The minimum atomic E-state index is 0.155. The molecule has 0 aromatic heterocycles. The summed E-state index contributed by atoms with van der Waals surface area (Å²) in [5.74, 6) is 0.952. The van der Waals surface area contributed by atoms with Crippen molar-refractivity contribution in [2.24, 2.45) is 0 Å². The van der Waals surface area contributed by atoms with Crippen molar-refractivity contribution in [3.8, 4) is 0 Å². The molecule has 0 bridgehead atoms. The van der Waals surface area contributed by atoms with Crippen LogP contribution in [0.4, 0.5) is 0 Å². The minimum absolute atomic E-state index is 0.155. The fourth-order valence-corrected chi connectivity index (χ4v) is 1.78. The van der Waals surface area contributed by atoms with E-state index in [1.165, 1.54) is 0 Å². The van der Waals surface area contributed by atoms with Crippen LogP contribution in [0.1, 0.15) is 27.2 Å². The number of carbonyl (C=O) groups excluding carboxylic acids is 1. The molecule has 1 aliphatic rings. The highest BCUT2D eigenvalue weighted by molar-refractivity contribution is 5.75. The first-order chi connectivity index (χ1) is 7.54. The first-order valence-corrected chi connectivity index (χ1v) is 5.92. The van der Waals surface area contributed by atoms with Crippen molar-refractivity contribution in [2.75, 3.05) is 26.2 Å². The first kappa shape index (κ1) is 12.9. The number of hydrogen-bond acceptors (Lipinski definition) is 3. The van der Waals surface area contributed by atoms with Crippen molar-refractivity contribution in [3.05, 3.63) is 12.5 Å². The van der Waals surface area contributed by atoms with Crippen molar-refractivity contribution in [3.63, 3.8) is 0 Å². The predicted molar refractivity (Wildman–Crippen MR) is 63.8 cm³/mol. The summed E-state index contributed by atoms with van der Waals surface area (Å²) in [5, 5.41) is 0. The van der Waals surface area contributed by atoms with Gasteiger partial charge in [0.1, 0.15) is 0 Å². The predicted octanol–water partition coefficient (Wildman–Crippen LogP) is 1.44. The maximum atomic E-state index is 11.5. The van der Waals surface area contributed by atoms with Gasteiger partial charge in [-0.05, 0) is 20.4 Å². The third-order valence-electron chi connectivity index (χ3n) is 2.66. The Morgan fingerprint density at radius 2 is 1.75 bits per heavy atom. The van der Waals surface area contributed by atoms with Crippen LogP contribution < -0.4 is 0 Å². The molecule has 1 rings (SSSR count). The number of rotatable bonds is 4. The van der Waals surface area contributed by atoms with E-state index in [9.17, 15) is 4.79 Å². The van der Waals surface area contributed by atoms with Gasteiger partial charge in [-0.1, -0.05) is 6.92 Å². The highest BCUT2D eigenvalue weighted by atomic mass is 16.5. The molecule has 16 heavy (non-hydrogen) atoms. The van der Waals surface area contributed by atoms with Gasteiger partial charge in [-0.15, -0.1) is 0 Å². The Labute approximate surface area is 97.9 Å². The van der Waals surface area contributed by atoms with Gasteiger partial charge in [-0.25, -0.2) is 0 Å². The first-order valence-electron chi connectivity index (χ1n) is 5.92. The zero-order valence-corrected chi connectivity index (χ0v) is 10.5. The summed E-state index contributed by atoms with van der Waals surface area (Å²) < 4.78 is 5.54. The van der Waals surface area contributed by atoms with Crippen LogP contribution in [0.2, 0.25) is 0 Å². The average Bonchev–Trinajstić information content (AvgIpc) is 2.27. The van der Waals surface area contributed by atoms with E-state index in [-0.39, 0.29) is 12.0 Å². The zero-order valence-electron chi connectivity index (χ0n) is 10.5. The second kappa shape index (κ2) is 5.77. The van der Waals surface area contributed by atoms with Crippen molar-refractivity contribution < 1.29 is 9.53 Å². The molecule has 92 valence electrons. The Balaban J connectivity index is 2.37. The molecule has 4 heteroatoms. The van der Waals surface area contributed by atoms with Gasteiger partial charge in [0, 0.05) is 32.6 Å². The molecule has 1 heterocycles. The molecule has 0 aromatic rings. The number of amides is 1. The van der Waals surface area contributed by atoms with Gasteiger partial charge in [0.2, 0.25) is 5.91 Å². The molecule has 0 saturated carbocycles. The summed E-state index contributed by atoms with van der Waals surface area (Å²) >= 11 is 0. The molecular weight excluding hydrogens is 204 g/mol. The highest BCUT2D eigenvalue weighted by Crippen LogP contribution is 2.11. The molecule has 1 amide bonds. The summed E-state index contributed by atoms with van der Waals surface area (Å²) in [5.41, 5.74) is 0. The average molecular weight is 226 g/mol. The smallest absolute Gasteiger partial charge is 0.222 e. The van der Waals surface area contributed by atoms with Gasteiger partial charge in [0.05, 0.1) is 6.10 Å². The number of carbonyl (C=O) groups is 1. The monoisotopic (exact) mass is 226 g/mol. The molecule has 0 aliphatic carbocycles. The van der Waals surface area contributed by atoms with E-state index in [0.29, 0.717) is 6.42 Å². The Bertz CT molecular complexity index is 256. The standard InChI is InChI=1S/C12H22N2O2/c1-5-12(15)14-8-6-13(7-9-14)11(4)16-10(2)3/h10H,4-9H2,1-3H3. The Morgan fingerprint density at radius 1 is 1.25 bits per heavy atom. The van der Waals surface area contributed by atoms with E-state index < -0.39 is 0 Å². The van der Waals surface area contributed by atoms with Crippen LogP contribution in [0, 0.1) is 0 Å². The van der Waals surface area contributed by atoms with Crippen molar-refractivity contribution in [1.82, 2.24) is 9.80 Å². The second-order valence-electron chi connectivity index (χ2n) is 4.28. The van der Waals surface area contributed by atoms with Gasteiger partial charge in [-0.3, -0.25) is 4.79 Å². The van der Waals surface area contributed by atoms with Crippen molar-refractivity contribution in [2.45, 2.75) is 33.3 Å². The van der Waals surface area contributed by atoms with Gasteiger partial charge in [-0.2, -0.15) is 0 Å². The fourth-order valence-electron chi connectivity index (χ4n) is 1.78. The molecule has 1 aliphatic heterocycles. The number of hydrogen-bond donors (Lipinski definition) is 0. The summed E-state index contributed by atoms with van der Waals surface area (Å²) in [7, 11) is 0. The Hall–Kier alpha value is -1.19. The lowest BCUT2D eigenvalue weighted by molar-refractivity contribution is -0.132. The molecular formula is C12H22N2O2. The van der Waals surface area contributed by atoms with E-state index in [1.54, 1.807) is 0 Å². The molecule has 0 N–H and O–H groups in total. The largest absolute Gasteiger partial charge is 0.477 e. The minimum Gasteiger partial charge on any atom is -0.477 e. The van der Waals surface area contributed by atoms with E-state index in [4.69, 9.17) is 4.74 Å². The third kappa shape index (κ3) is 3.43. The topological polar surface area (TPSA) is 32.8 Å². The summed E-state index contributed by atoms with van der Waals surface area (Å²) in [6.45, 7) is 13.0. The molecule has 0 atom stereocenters. The van der Waals surface area contributed by atoms with Crippen molar-refractivity contribution >= 4 is 5.91 Å². The summed E-state index contributed by atoms with van der Waals surface area (Å²) in [6.07, 6.45) is 0.742. The number of nitrogens with zero attached hydrogens (tertiary/aromatic N) is 2. The maximum Gasteiger partial charge on any atom is 0.222 e. The lowest BCUT2D eigenvalue weighted by atomic mass is 10.3. The van der Waals surface area contributed by atoms with Crippen LogP contribution in [0.5, 0.6) is 0 Å². The van der Waals surface area contributed by atoms with Crippen LogP contribution in [-0.4, -0.2) is 48.0 Å². The van der Waals surface area contributed by atoms with E-state index in [2.05, 4.69) is 11.5 Å². The summed E-state index contributed by atoms with van der Waals surface area (Å²) in [4.78, 5) is 15.5. The quantitative estimate of drug-likeness (QED) is 0.680. The molecule has 0 radical (unpaired) electrons. The molecule has 1 fully saturated rings. The van der Waals surface area contributed by atoms with Crippen molar-refractivity contribution in [1.29, 1.82) is 0 Å². The highest BCUT2D eigenvalue weighted by Gasteiger charge is 2.21. The van der Waals surface area contributed by atoms with Gasteiger partial charge >= 0.3 is 0 Å². The number of piperazine rings is 1. The molecule has 1 saturated heterocycles. The molecule has 0 spiro atoms. The van der Waals surface area contributed by atoms with Crippen LogP contribution in [-0.2, 0) is 9.53 Å². The Kier molecular flexibility index (Phi) is 4.65. The van der Waals surface area contributed by atoms with Gasteiger partial charge in [0.15, 0.2) is 5.88 Å². The third-order valence-corrected chi connectivity index (χ3v) is 2.66. The molecule has 4 nitrogen and oxygen atoms in total. The lowest BCUT2D eigenvalue weighted by Crippen LogP contribution is -2.48. The normalized spacial score (nSPS) is 16.5. The maximum absolute atomic E-state index is 11.5. The van der Waals surface area contributed by atoms with Gasteiger partial charge < -0.3 is 14.5 Å².